The molecule has 1 fully saturated rings. The number of rotatable bonds is 5. The van der Waals surface area contributed by atoms with E-state index < -0.39 is 0 Å². The summed E-state index contributed by atoms with van der Waals surface area (Å²) in [5.41, 5.74) is 2.07. The molecule has 2 aromatic heterocycles. The second-order valence-corrected chi connectivity index (χ2v) is 6.61. The summed E-state index contributed by atoms with van der Waals surface area (Å²) in [6.45, 7) is 3.36. The fourth-order valence-electron chi connectivity index (χ4n) is 3.20. The maximum atomic E-state index is 12.4. The highest BCUT2D eigenvalue weighted by atomic mass is 16.5. The zero-order chi connectivity index (χ0) is 20.1. The van der Waals surface area contributed by atoms with Crippen molar-refractivity contribution in [2.45, 2.75) is 0 Å². The molecule has 148 valence electrons. The molecule has 0 spiro atoms. The summed E-state index contributed by atoms with van der Waals surface area (Å²) < 4.78 is 5.12. The van der Waals surface area contributed by atoms with Crippen LogP contribution in [0.3, 0.4) is 0 Å². The van der Waals surface area contributed by atoms with E-state index in [0.717, 1.165) is 43.6 Å². The third kappa shape index (κ3) is 4.43. The third-order valence-electron chi connectivity index (χ3n) is 4.81. The zero-order valence-electron chi connectivity index (χ0n) is 16.2. The van der Waals surface area contributed by atoms with Crippen molar-refractivity contribution in [2.75, 3.05) is 48.4 Å². The molecule has 1 aliphatic heterocycles. The van der Waals surface area contributed by atoms with Crippen LogP contribution in [0.15, 0.2) is 61.1 Å². The first-order valence-electron chi connectivity index (χ1n) is 9.41. The molecule has 29 heavy (non-hydrogen) atoms. The molecule has 1 aliphatic rings. The van der Waals surface area contributed by atoms with Crippen molar-refractivity contribution in [3.8, 4) is 5.75 Å². The molecule has 1 N–H and O–H groups in total. The highest BCUT2D eigenvalue weighted by Gasteiger charge is 2.19. The Morgan fingerprint density at radius 2 is 1.62 bits per heavy atom. The van der Waals surface area contributed by atoms with Gasteiger partial charge in [0.15, 0.2) is 0 Å². The summed E-state index contributed by atoms with van der Waals surface area (Å²) >= 11 is 0. The minimum Gasteiger partial charge on any atom is -0.497 e. The van der Waals surface area contributed by atoms with E-state index in [1.54, 1.807) is 56.0 Å². The molecular formula is C21H22N6O2. The number of methoxy groups -OCH3 is 1. The minimum absolute atomic E-state index is 0.243. The van der Waals surface area contributed by atoms with Gasteiger partial charge < -0.3 is 19.9 Å². The van der Waals surface area contributed by atoms with E-state index in [2.05, 4.69) is 30.1 Å². The average Bonchev–Trinajstić information content (AvgIpc) is 2.80. The van der Waals surface area contributed by atoms with Gasteiger partial charge in [0.25, 0.3) is 5.91 Å². The molecule has 0 radical (unpaired) electrons. The number of benzene rings is 1. The fourth-order valence-corrected chi connectivity index (χ4v) is 3.20. The van der Waals surface area contributed by atoms with Crippen molar-refractivity contribution >= 4 is 23.2 Å². The molecule has 1 saturated heterocycles. The van der Waals surface area contributed by atoms with Gasteiger partial charge in [0.2, 0.25) is 5.95 Å². The lowest BCUT2D eigenvalue weighted by Crippen LogP contribution is -2.47. The molecule has 3 aromatic rings. The molecular weight excluding hydrogens is 368 g/mol. The smallest absolute Gasteiger partial charge is 0.274 e. The van der Waals surface area contributed by atoms with Gasteiger partial charge in [-0.3, -0.25) is 4.79 Å². The third-order valence-corrected chi connectivity index (χ3v) is 4.81. The molecule has 0 atom stereocenters. The van der Waals surface area contributed by atoms with Crippen molar-refractivity contribution in [1.82, 2.24) is 15.0 Å². The standard InChI is InChI=1S/C21H22N6O2/c1-29-18-6-3-16(4-7-18)25-20(28)19-8-5-17(15-24-19)26-11-13-27(14-12-26)21-22-9-2-10-23-21/h2-10,15H,11-14H2,1H3,(H,25,28). The van der Waals surface area contributed by atoms with Gasteiger partial charge in [-0.25, -0.2) is 15.0 Å². The predicted octanol–water partition coefficient (Wildman–Crippen LogP) is 2.46. The Hall–Kier alpha value is -3.68. The van der Waals surface area contributed by atoms with Gasteiger partial charge in [0.1, 0.15) is 11.4 Å². The number of hydrogen-bond acceptors (Lipinski definition) is 7. The first-order chi connectivity index (χ1) is 14.2. The number of nitrogens with zero attached hydrogens (tertiary/aromatic N) is 5. The Labute approximate surface area is 169 Å². The number of amides is 1. The van der Waals surface area contributed by atoms with Crippen molar-refractivity contribution in [3.63, 3.8) is 0 Å². The topological polar surface area (TPSA) is 83.5 Å². The predicted molar refractivity (Wildman–Crippen MR) is 112 cm³/mol. The highest BCUT2D eigenvalue weighted by Crippen LogP contribution is 2.19. The molecule has 0 unspecified atom stereocenters. The quantitative estimate of drug-likeness (QED) is 0.716. The van der Waals surface area contributed by atoms with E-state index >= 15 is 0 Å². The van der Waals surface area contributed by atoms with Crippen LogP contribution in [0.5, 0.6) is 5.75 Å². The molecule has 4 rings (SSSR count). The largest absolute Gasteiger partial charge is 0.497 e. The number of aromatic nitrogens is 3. The molecule has 3 heterocycles. The number of carbonyl (C=O) groups excluding carboxylic acids is 1. The number of piperazine rings is 1. The van der Waals surface area contributed by atoms with Crippen molar-refractivity contribution in [2.24, 2.45) is 0 Å². The average molecular weight is 390 g/mol. The molecule has 0 saturated carbocycles. The Kier molecular flexibility index (Phi) is 5.51. The fraction of sp³-hybridized carbons (Fsp3) is 0.238. The summed E-state index contributed by atoms with van der Waals surface area (Å²) in [7, 11) is 1.61. The van der Waals surface area contributed by atoms with Crippen molar-refractivity contribution in [3.05, 3.63) is 66.7 Å². The van der Waals surface area contributed by atoms with E-state index in [1.807, 2.05) is 12.1 Å². The van der Waals surface area contributed by atoms with Crippen LogP contribution in [-0.2, 0) is 0 Å². The molecule has 1 amide bonds. The van der Waals surface area contributed by atoms with Crippen LogP contribution >= 0.6 is 0 Å². The SMILES string of the molecule is COc1ccc(NC(=O)c2ccc(N3CCN(c4ncccn4)CC3)cn2)cc1. The summed E-state index contributed by atoms with van der Waals surface area (Å²) in [5, 5.41) is 2.84. The van der Waals surface area contributed by atoms with E-state index in [1.165, 1.54) is 0 Å². The maximum absolute atomic E-state index is 12.4. The number of hydrogen-bond donors (Lipinski definition) is 1. The van der Waals surface area contributed by atoms with Gasteiger partial charge in [0, 0.05) is 44.3 Å². The van der Waals surface area contributed by atoms with Gasteiger partial charge in [-0.05, 0) is 42.5 Å². The summed E-state index contributed by atoms with van der Waals surface area (Å²) in [6.07, 6.45) is 5.26. The molecule has 8 nitrogen and oxygen atoms in total. The zero-order valence-corrected chi connectivity index (χ0v) is 16.2. The number of ether oxygens (including phenoxy) is 1. The Morgan fingerprint density at radius 3 is 2.24 bits per heavy atom. The summed E-state index contributed by atoms with van der Waals surface area (Å²) in [4.78, 5) is 29.8. The monoisotopic (exact) mass is 390 g/mol. The van der Waals surface area contributed by atoms with Crippen LogP contribution < -0.4 is 19.9 Å². The number of anilines is 3. The lowest BCUT2D eigenvalue weighted by atomic mass is 10.2. The Balaban J connectivity index is 1.34. The van der Waals surface area contributed by atoms with E-state index in [-0.39, 0.29) is 5.91 Å². The van der Waals surface area contributed by atoms with Crippen LogP contribution in [0.25, 0.3) is 0 Å². The summed E-state index contributed by atoms with van der Waals surface area (Å²) in [6, 6.07) is 12.7. The van der Waals surface area contributed by atoms with Crippen LogP contribution in [0.2, 0.25) is 0 Å². The van der Waals surface area contributed by atoms with E-state index in [0.29, 0.717) is 11.4 Å². The first kappa shape index (κ1) is 18.7. The van der Waals surface area contributed by atoms with Gasteiger partial charge >= 0.3 is 0 Å². The van der Waals surface area contributed by atoms with Gasteiger partial charge in [-0.1, -0.05) is 0 Å². The molecule has 1 aromatic carbocycles. The lowest BCUT2D eigenvalue weighted by molar-refractivity contribution is 0.102. The Morgan fingerprint density at radius 1 is 0.931 bits per heavy atom. The Bertz CT molecular complexity index is 939. The van der Waals surface area contributed by atoms with Crippen LogP contribution in [0, 0.1) is 0 Å². The van der Waals surface area contributed by atoms with Crippen LogP contribution in [0.4, 0.5) is 17.3 Å². The van der Waals surface area contributed by atoms with Crippen LogP contribution in [0.1, 0.15) is 10.5 Å². The molecule has 8 heteroatoms. The van der Waals surface area contributed by atoms with Crippen molar-refractivity contribution in [1.29, 1.82) is 0 Å². The maximum Gasteiger partial charge on any atom is 0.274 e. The number of pyridine rings is 1. The number of nitrogens with one attached hydrogen (secondary N) is 1. The summed E-state index contributed by atoms with van der Waals surface area (Å²) in [5.74, 6) is 1.26. The highest BCUT2D eigenvalue weighted by molar-refractivity contribution is 6.02. The molecule has 0 bridgehead atoms. The van der Waals surface area contributed by atoms with Gasteiger partial charge in [0.05, 0.1) is 19.0 Å². The van der Waals surface area contributed by atoms with E-state index in [9.17, 15) is 4.79 Å². The first-order valence-corrected chi connectivity index (χ1v) is 9.41. The van der Waals surface area contributed by atoms with Crippen molar-refractivity contribution < 1.29 is 9.53 Å². The van der Waals surface area contributed by atoms with Crippen LogP contribution in [-0.4, -0.2) is 54.1 Å². The second-order valence-electron chi connectivity index (χ2n) is 6.61. The number of carbonyl (C=O) groups is 1. The second kappa shape index (κ2) is 8.55. The molecule has 0 aliphatic carbocycles. The van der Waals surface area contributed by atoms with E-state index in [4.69, 9.17) is 4.74 Å². The normalized spacial score (nSPS) is 13.8. The minimum atomic E-state index is -0.243. The van der Waals surface area contributed by atoms with Gasteiger partial charge in [-0.15, -0.1) is 0 Å². The van der Waals surface area contributed by atoms with Gasteiger partial charge in [-0.2, -0.15) is 0 Å². The lowest BCUT2D eigenvalue weighted by Gasteiger charge is -2.35.